The fraction of sp³-hybridized carbons (Fsp3) is 0.875. The molecule has 0 aromatic rings. The van der Waals surface area contributed by atoms with Gasteiger partial charge in [-0.05, 0) is 5.92 Å². The van der Waals surface area contributed by atoms with Crippen molar-refractivity contribution in [3.05, 3.63) is 0 Å². The van der Waals surface area contributed by atoms with Crippen molar-refractivity contribution in [2.75, 3.05) is 19.7 Å². The van der Waals surface area contributed by atoms with Gasteiger partial charge in [0.15, 0.2) is 0 Å². The van der Waals surface area contributed by atoms with Crippen LogP contribution in [0.5, 0.6) is 0 Å². The second-order valence-electron chi connectivity index (χ2n) is 3.47. The van der Waals surface area contributed by atoms with Crippen molar-refractivity contribution in [3.8, 4) is 0 Å². The van der Waals surface area contributed by atoms with Crippen molar-refractivity contribution >= 4 is 28.7 Å². The minimum absolute atomic E-state index is 0.156. The van der Waals surface area contributed by atoms with E-state index >= 15 is 0 Å². The molecule has 1 aliphatic rings. The third kappa shape index (κ3) is 2.80. The zero-order valence-corrected chi connectivity index (χ0v) is 9.58. The summed E-state index contributed by atoms with van der Waals surface area (Å²) in [4.78, 5) is 12.9. The van der Waals surface area contributed by atoms with Crippen molar-refractivity contribution in [3.63, 3.8) is 0 Å². The lowest BCUT2D eigenvalue weighted by atomic mass is 10.2. The molecule has 0 aromatic heterocycles. The molecule has 1 heterocycles. The molecule has 3 nitrogen and oxygen atoms in total. The molecule has 0 aromatic carbocycles. The summed E-state index contributed by atoms with van der Waals surface area (Å²) in [6, 6.07) is 0. The maximum Gasteiger partial charge on any atom is 0.409 e. The van der Waals surface area contributed by atoms with E-state index < -0.39 is 0 Å². The summed E-state index contributed by atoms with van der Waals surface area (Å²) in [5.41, 5.74) is 0. The highest BCUT2D eigenvalue weighted by Crippen LogP contribution is 2.17. The first-order valence-corrected chi connectivity index (χ1v) is 5.40. The third-order valence-electron chi connectivity index (χ3n) is 1.64. The van der Waals surface area contributed by atoms with Gasteiger partial charge in [0.2, 0.25) is 0 Å². The summed E-state index contributed by atoms with van der Waals surface area (Å²) in [7, 11) is 0. The van der Waals surface area contributed by atoms with E-state index in [4.69, 9.17) is 4.74 Å². The number of ether oxygens (including phenoxy) is 1. The molecule has 1 aliphatic heterocycles. The van der Waals surface area contributed by atoms with Crippen LogP contribution in [0.15, 0.2) is 0 Å². The van der Waals surface area contributed by atoms with Crippen molar-refractivity contribution in [2.24, 2.45) is 5.92 Å². The molecule has 1 saturated heterocycles. The van der Waals surface area contributed by atoms with Gasteiger partial charge < -0.3 is 9.64 Å². The van der Waals surface area contributed by atoms with Gasteiger partial charge in [0.05, 0.1) is 6.61 Å². The van der Waals surface area contributed by atoms with Crippen LogP contribution in [0.3, 0.4) is 0 Å². The van der Waals surface area contributed by atoms with Gasteiger partial charge in [-0.25, -0.2) is 4.79 Å². The highest BCUT2D eigenvalue weighted by molar-refractivity contribution is 14.1. The molecule has 12 heavy (non-hydrogen) atoms. The van der Waals surface area contributed by atoms with Crippen molar-refractivity contribution in [1.82, 2.24) is 4.90 Å². The molecule has 0 saturated carbocycles. The van der Waals surface area contributed by atoms with E-state index in [1.807, 2.05) is 13.8 Å². The smallest absolute Gasteiger partial charge is 0.409 e. The highest BCUT2D eigenvalue weighted by Gasteiger charge is 2.29. The number of halogens is 1. The molecule has 1 rings (SSSR count). The topological polar surface area (TPSA) is 29.5 Å². The summed E-state index contributed by atoms with van der Waals surface area (Å²) in [6.45, 7) is 6.28. The van der Waals surface area contributed by atoms with E-state index in [0.717, 1.165) is 13.1 Å². The second kappa shape index (κ2) is 4.30. The van der Waals surface area contributed by atoms with Crippen LogP contribution in [0.25, 0.3) is 0 Å². The lowest BCUT2D eigenvalue weighted by molar-refractivity contribution is 0.0762. The number of carbonyl (C=O) groups is 1. The summed E-state index contributed by atoms with van der Waals surface area (Å²) in [5, 5.41) is 0. The van der Waals surface area contributed by atoms with Gasteiger partial charge in [-0.2, -0.15) is 0 Å². The van der Waals surface area contributed by atoms with E-state index in [1.165, 1.54) is 0 Å². The number of nitrogens with zero attached hydrogens (tertiary/aromatic N) is 1. The number of carbonyl (C=O) groups excluding carboxylic acids is 1. The zero-order chi connectivity index (χ0) is 9.14. The molecule has 0 unspecified atom stereocenters. The number of likely N-dealkylation sites (tertiary alicyclic amines) is 1. The SMILES string of the molecule is CC(C)COC(=O)N1CC(I)C1. The Morgan fingerprint density at radius 1 is 1.67 bits per heavy atom. The van der Waals surface area contributed by atoms with Crippen LogP contribution in [0.4, 0.5) is 4.79 Å². The van der Waals surface area contributed by atoms with Gasteiger partial charge in [0, 0.05) is 17.0 Å². The molecule has 0 spiro atoms. The second-order valence-corrected chi connectivity index (χ2v) is 5.23. The molecule has 70 valence electrons. The number of alkyl halides is 1. The van der Waals surface area contributed by atoms with Crippen LogP contribution in [0.2, 0.25) is 0 Å². The summed E-state index contributed by atoms with van der Waals surface area (Å²) in [6.07, 6.45) is -0.156. The Hall–Kier alpha value is 0. The molecular weight excluding hydrogens is 269 g/mol. The number of amides is 1. The summed E-state index contributed by atoms with van der Waals surface area (Å²) in [5.74, 6) is 0.422. The fourth-order valence-corrected chi connectivity index (χ4v) is 1.85. The van der Waals surface area contributed by atoms with Crippen LogP contribution in [-0.4, -0.2) is 34.6 Å². The first-order chi connectivity index (χ1) is 5.59. The quantitative estimate of drug-likeness (QED) is 0.572. The van der Waals surface area contributed by atoms with E-state index in [1.54, 1.807) is 4.90 Å². The summed E-state index contributed by atoms with van der Waals surface area (Å²) < 4.78 is 5.66. The minimum atomic E-state index is -0.156. The Balaban J connectivity index is 2.13. The van der Waals surface area contributed by atoms with Crippen LogP contribution in [0, 0.1) is 5.92 Å². The molecule has 1 amide bonds. The van der Waals surface area contributed by atoms with Gasteiger partial charge in [-0.15, -0.1) is 0 Å². The molecular formula is C8H14INO2. The maximum atomic E-state index is 11.2. The number of hydrogen-bond donors (Lipinski definition) is 0. The van der Waals surface area contributed by atoms with E-state index in [0.29, 0.717) is 16.4 Å². The molecule has 0 N–H and O–H groups in total. The lowest BCUT2D eigenvalue weighted by Gasteiger charge is -2.34. The predicted molar refractivity (Wildman–Crippen MR) is 55.6 cm³/mol. The van der Waals surface area contributed by atoms with E-state index in [-0.39, 0.29) is 6.09 Å². The third-order valence-corrected chi connectivity index (χ3v) is 2.42. The maximum absolute atomic E-state index is 11.2. The van der Waals surface area contributed by atoms with Crippen LogP contribution in [0.1, 0.15) is 13.8 Å². The molecule has 0 aliphatic carbocycles. The van der Waals surface area contributed by atoms with Gasteiger partial charge in [-0.3, -0.25) is 0 Å². The minimum Gasteiger partial charge on any atom is -0.449 e. The van der Waals surface area contributed by atoms with Gasteiger partial charge >= 0.3 is 6.09 Å². The van der Waals surface area contributed by atoms with Crippen LogP contribution < -0.4 is 0 Å². The van der Waals surface area contributed by atoms with Gasteiger partial charge in [-0.1, -0.05) is 36.4 Å². The first kappa shape index (κ1) is 10.1. The van der Waals surface area contributed by atoms with Crippen molar-refractivity contribution < 1.29 is 9.53 Å². The molecule has 0 atom stereocenters. The number of hydrogen-bond acceptors (Lipinski definition) is 2. The first-order valence-electron chi connectivity index (χ1n) is 4.15. The Morgan fingerprint density at radius 2 is 2.25 bits per heavy atom. The van der Waals surface area contributed by atoms with Crippen molar-refractivity contribution in [1.29, 1.82) is 0 Å². The largest absolute Gasteiger partial charge is 0.449 e. The van der Waals surface area contributed by atoms with Crippen molar-refractivity contribution in [2.45, 2.75) is 17.8 Å². The average molecular weight is 283 g/mol. The van der Waals surface area contributed by atoms with E-state index in [2.05, 4.69) is 22.6 Å². The summed E-state index contributed by atoms with van der Waals surface area (Å²) >= 11 is 2.33. The molecule has 0 radical (unpaired) electrons. The number of rotatable bonds is 2. The predicted octanol–water partition coefficient (Wildman–Crippen LogP) is 1.90. The lowest BCUT2D eigenvalue weighted by Crippen LogP contribution is -2.51. The van der Waals surface area contributed by atoms with Crippen LogP contribution >= 0.6 is 22.6 Å². The monoisotopic (exact) mass is 283 g/mol. The fourth-order valence-electron chi connectivity index (χ4n) is 0.903. The Labute approximate surface area is 86.6 Å². The zero-order valence-electron chi connectivity index (χ0n) is 7.42. The van der Waals surface area contributed by atoms with Crippen LogP contribution in [-0.2, 0) is 4.74 Å². The molecule has 1 fully saturated rings. The Bertz CT molecular complexity index is 166. The standard InChI is InChI=1S/C8H14INO2/c1-6(2)5-12-8(11)10-3-7(9)4-10/h6-7H,3-5H2,1-2H3. The van der Waals surface area contributed by atoms with E-state index in [9.17, 15) is 4.79 Å². The Morgan fingerprint density at radius 3 is 2.67 bits per heavy atom. The molecule has 0 bridgehead atoms. The van der Waals surface area contributed by atoms with Gasteiger partial charge in [0.25, 0.3) is 0 Å². The normalized spacial score (nSPS) is 17.8. The Kier molecular flexibility index (Phi) is 3.61. The molecule has 4 heteroatoms. The van der Waals surface area contributed by atoms with Gasteiger partial charge in [0.1, 0.15) is 0 Å². The average Bonchev–Trinajstić information content (AvgIpc) is 1.94. The highest BCUT2D eigenvalue weighted by atomic mass is 127.